The largest absolute Gasteiger partial charge is 0.496 e. The molecular formula is C24H20N2O4S. The van der Waals surface area contributed by atoms with Crippen molar-refractivity contribution < 1.29 is 17.9 Å². The molecule has 0 aliphatic heterocycles. The third kappa shape index (κ3) is 4.65. The number of sulfonamides is 1. The second-order valence-electron chi connectivity index (χ2n) is 6.63. The molecule has 0 saturated carbocycles. The Labute approximate surface area is 181 Å². The lowest BCUT2D eigenvalue weighted by atomic mass is 10.1. The van der Waals surface area contributed by atoms with Gasteiger partial charge in [0.25, 0.3) is 15.9 Å². The second-order valence-corrected chi connectivity index (χ2v) is 8.42. The highest BCUT2D eigenvalue weighted by molar-refractivity contribution is 7.93. The summed E-state index contributed by atoms with van der Waals surface area (Å²) < 4.78 is 32.7. The van der Waals surface area contributed by atoms with Crippen molar-refractivity contribution in [2.45, 2.75) is 11.8 Å². The van der Waals surface area contributed by atoms with Gasteiger partial charge in [0.2, 0.25) is 0 Å². The number of para-hydroxylation sites is 1. The molecule has 3 aromatic carbocycles. The van der Waals surface area contributed by atoms with Gasteiger partial charge >= 0.3 is 0 Å². The van der Waals surface area contributed by atoms with Crippen LogP contribution in [0.5, 0.6) is 5.75 Å². The second kappa shape index (κ2) is 9.28. The van der Waals surface area contributed by atoms with Crippen LogP contribution < -0.4 is 9.04 Å². The molecule has 6 nitrogen and oxygen atoms in total. The summed E-state index contributed by atoms with van der Waals surface area (Å²) in [5, 5.41) is 9.70. The number of aryl methyl sites for hydroxylation is 1. The Kier molecular flexibility index (Phi) is 6.53. The van der Waals surface area contributed by atoms with E-state index in [1.165, 1.54) is 37.5 Å². The van der Waals surface area contributed by atoms with E-state index >= 15 is 0 Å². The molecule has 0 aliphatic rings. The molecule has 0 radical (unpaired) electrons. The molecule has 0 N–H and O–H groups in total. The van der Waals surface area contributed by atoms with Crippen molar-refractivity contribution in [2.24, 2.45) is 0 Å². The molecule has 0 heterocycles. The summed E-state index contributed by atoms with van der Waals surface area (Å²) in [6, 6.07) is 22.8. The van der Waals surface area contributed by atoms with Gasteiger partial charge in [0.05, 0.1) is 17.7 Å². The summed E-state index contributed by atoms with van der Waals surface area (Å²) in [5.74, 6) is -0.503. The Bertz CT molecular complexity index is 1260. The van der Waals surface area contributed by atoms with E-state index in [0.29, 0.717) is 15.6 Å². The first-order chi connectivity index (χ1) is 14.9. The number of carbonyl (C=O) groups excluding carboxylic acids is 1. The average Bonchev–Trinajstić information content (AvgIpc) is 2.79. The number of hydrogen-bond donors (Lipinski definition) is 0. The number of benzene rings is 3. The number of nitriles is 1. The Morgan fingerprint density at radius 1 is 0.968 bits per heavy atom. The van der Waals surface area contributed by atoms with Gasteiger partial charge in [-0.25, -0.2) is 8.42 Å². The van der Waals surface area contributed by atoms with Gasteiger partial charge in [0.1, 0.15) is 17.4 Å². The van der Waals surface area contributed by atoms with Crippen molar-refractivity contribution >= 4 is 27.7 Å². The van der Waals surface area contributed by atoms with Gasteiger partial charge in [-0.3, -0.25) is 4.79 Å². The minimum atomic E-state index is -4.27. The first-order valence-electron chi connectivity index (χ1n) is 9.34. The van der Waals surface area contributed by atoms with Crippen molar-refractivity contribution in [3.05, 3.63) is 95.6 Å². The van der Waals surface area contributed by atoms with Gasteiger partial charge < -0.3 is 4.74 Å². The molecular weight excluding hydrogens is 412 g/mol. The van der Waals surface area contributed by atoms with E-state index in [2.05, 4.69) is 0 Å². The van der Waals surface area contributed by atoms with Crippen LogP contribution in [0.25, 0.3) is 6.08 Å². The fraction of sp³-hybridized carbons (Fsp3) is 0.0833. The van der Waals surface area contributed by atoms with Gasteiger partial charge in [0.15, 0.2) is 0 Å². The van der Waals surface area contributed by atoms with Crippen molar-refractivity contribution in [3.63, 3.8) is 0 Å². The lowest BCUT2D eigenvalue weighted by Gasteiger charge is -2.22. The smallest absolute Gasteiger partial charge is 0.282 e. The molecule has 0 fully saturated rings. The maximum atomic E-state index is 13.4. The van der Waals surface area contributed by atoms with Crippen molar-refractivity contribution in [2.75, 3.05) is 11.4 Å². The fourth-order valence-electron chi connectivity index (χ4n) is 2.94. The van der Waals surface area contributed by atoms with Crippen molar-refractivity contribution in [1.29, 1.82) is 5.26 Å². The molecule has 1 amide bonds. The third-order valence-electron chi connectivity index (χ3n) is 4.52. The lowest BCUT2D eigenvalue weighted by Crippen LogP contribution is -2.37. The number of carbonyl (C=O) groups is 1. The van der Waals surface area contributed by atoms with Gasteiger partial charge in [-0.2, -0.15) is 9.57 Å². The van der Waals surface area contributed by atoms with E-state index in [1.807, 2.05) is 13.0 Å². The number of methoxy groups -OCH3 is 1. The monoisotopic (exact) mass is 432 g/mol. The van der Waals surface area contributed by atoms with Crippen molar-refractivity contribution in [3.8, 4) is 11.8 Å². The van der Waals surface area contributed by atoms with Crippen LogP contribution in [0.1, 0.15) is 11.1 Å². The summed E-state index contributed by atoms with van der Waals surface area (Å²) in [6.45, 7) is 1.85. The average molecular weight is 433 g/mol. The molecule has 0 unspecified atom stereocenters. The molecule has 0 aromatic heterocycles. The SMILES string of the molecule is COc1ccccc1/C=C(\C#N)C(=O)N(c1ccc(C)cc1)S(=O)(=O)c1ccccc1. The minimum absolute atomic E-state index is 0.0569. The van der Waals surface area contributed by atoms with Gasteiger partial charge in [-0.1, -0.05) is 54.1 Å². The van der Waals surface area contributed by atoms with Gasteiger partial charge in [-0.15, -0.1) is 0 Å². The maximum Gasteiger partial charge on any atom is 0.282 e. The third-order valence-corrected chi connectivity index (χ3v) is 6.25. The Balaban J connectivity index is 2.17. The summed E-state index contributed by atoms with van der Waals surface area (Å²) in [7, 11) is -2.80. The standard InChI is InChI=1S/C24H20N2O4S/c1-18-12-14-21(15-13-18)26(31(28,29)22-9-4-3-5-10-22)24(27)20(17-25)16-19-8-6-7-11-23(19)30-2/h3-16H,1-2H3/b20-16+. The Hall–Kier alpha value is -3.89. The van der Waals surface area contributed by atoms with Crippen LogP contribution in [-0.4, -0.2) is 21.4 Å². The van der Waals surface area contributed by atoms with E-state index in [0.717, 1.165) is 5.56 Å². The molecule has 7 heteroatoms. The quantitative estimate of drug-likeness (QED) is 0.427. The zero-order valence-corrected chi connectivity index (χ0v) is 17.8. The van der Waals surface area contributed by atoms with Crippen LogP contribution in [0.3, 0.4) is 0 Å². The van der Waals surface area contributed by atoms with Gasteiger partial charge in [-0.05, 0) is 43.3 Å². The summed E-state index contributed by atoms with van der Waals surface area (Å²) in [4.78, 5) is 13.3. The molecule has 0 saturated heterocycles. The van der Waals surface area contributed by atoms with Crippen LogP contribution >= 0.6 is 0 Å². The van der Waals surface area contributed by atoms with Crippen LogP contribution in [-0.2, 0) is 14.8 Å². The topological polar surface area (TPSA) is 87.5 Å². The van der Waals surface area contributed by atoms with Crippen LogP contribution in [0.15, 0.2) is 89.3 Å². The van der Waals surface area contributed by atoms with Crippen LogP contribution in [0, 0.1) is 18.3 Å². The summed E-state index contributed by atoms with van der Waals surface area (Å²) >= 11 is 0. The highest BCUT2D eigenvalue weighted by atomic mass is 32.2. The van der Waals surface area contributed by atoms with Gasteiger partial charge in [0, 0.05) is 5.56 Å². The Morgan fingerprint density at radius 3 is 2.19 bits per heavy atom. The number of anilines is 1. The number of amides is 1. The summed E-state index contributed by atoms with van der Waals surface area (Å²) in [6.07, 6.45) is 1.32. The molecule has 0 spiro atoms. The van der Waals surface area contributed by atoms with Crippen LogP contribution in [0.4, 0.5) is 5.69 Å². The highest BCUT2D eigenvalue weighted by Gasteiger charge is 2.33. The van der Waals surface area contributed by atoms with E-state index < -0.39 is 15.9 Å². The molecule has 3 rings (SSSR count). The van der Waals surface area contributed by atoms with E-state index in [1.54, 1.807) is 54.6 Å². The van der Waals surface area contributed by atoms with E-state index in [-0.39, 0.29) is 16.2 Å². The predicted octanol–water partition coefficient (Wildman–Crippen LogP) is 4.33. The number of ether oxygens (including phenoxy) is 1. The molecule has 0 atom stereocenters. The van der Waals surface area contributed by atoms with E-state index in [4.69, 9.17) is 4.74 Å². The Morgan fingerprint density at radius 2 is 1.58 bits per heavy atom. The molecule has 156 valence electrons. The molecule has 0 aliphatic carbocycles. The minimum Gasteiger partial charge on any atom is -0.496 e. The molecule has 0 bridgehead atoms. The highest BCUT2D eigenvalue weighted by Crippen LogP contribution is 2.27. The molecule has 31 heavy (non-hydrogen) atoms. The number of rotatable bonds is 6. The maximum absolute atomic E-state index is 13.4. The van der Waals surface area contributed by atoms with E-state index in [9.17, 15) is 18.5 Å². The normalized spacial score (nSPS) is 11.5. The zero-order valence-electron chi connectivity index (χ0n) is 17.0. The predicted molar refractivity (Wildman–Crippen MR) is 119 cm³/mol. The van der Waals surface area contributed by atoms with Crippen molar-refractivity contribution in [1.82, 2.24) is 0 Å². The zero-order chi connectivity index (χ0) is 22.4. The lowest BCUT2D eigenvalue weighted by molar-refractivity contribution is -0.113. The fourth-order valence-corrected chi connectivity index (χ4v) is 4.36. The first-order valence-corrected chi connectivity index (χ1v) is 10.8. The molecule has 3 aromatic rings. The number of hydrogen-bond acceptors (Lipinski definition) is 5. The summed E-state index contributed by atoms with van der Waals surface area (Å²) in [5.41, 5.74) is 1.18. The number of nitrogens with zero attached hydrogens (tertiary/aromatic N) is 2. The van der Waals surface area contributed by atoms with Crippen LogP contribution in [0.2, 0.25) is 0 Å². The first kappa shape index (κ1) is 21.8.